The van der Waals surface area contributed by atoms with E-state index in [0.717, 1.165) is 54.7 Å². The van der Waals surface area contributed by atoms with E-state index in [1.807, 2.05) is 0 Å². The maximum atomic E-state index is 14.5. The number of amides is 8. The molecule has 0 radical (unpaired) electrons. The zero-order chi connectivity index (χ0) is 55.0. The van der Waals surface area contributed by atoms with E-state index in [1.54, 1.807) is 0 Å². The molecule has 3 saturated heterocycles. The number of carbonyl (C=O) groups is 8. The van der Waals surface area contributed by atoms with Crippen molar-refractivity contribution in [2.24, 2.45) is 23.5 Å². The summed E-state index contributed by atoms with van der Waals surface area (Å²) in [6.45, 7) is 7.97. The predicted octanol–water partition coefficient (Wildman–Crippen LogP) is -1.90. The molecule has 3 fully saturated rings. The van der Waals surface area contributed by atoms with E-state index < -0.39 is 158 Å². The van der Waals surface area contributed by atoms with E-state index in [2.05, 4.69) is 47.4 Å². The summed E-state index contributed by atoms with van der Waals surface area (Å²) in [7, 11) is 0. The summed E-state index contributed by atoms with van der Waals surface area (Å²) < 4.78 is 0. The number of aromatic hydroxyl groups is 1. The van der Waals surface area contributed by atoms with E-state index in [-0.39, 0.29) is 25.1 Å². The Morgan fingerprint density at radius 1 is 0.730 bits per heavy atom. The van der Waals surface area contributed by atoms with Gasteiger partial charge in [-0.1, -0.05) is 84.8 Å². The number of hydrogen-bond donors (Lipinski definition) is 13. The first-order chi connectivity index (χ1) is 34.9. The highest BCUT2D eigenvalue weighted by Gasteiger charge is 2.50. The van der Waals surface area contributed by atoms with Crippen LogP contribution in [0.4, 0.5) is 0 Å². The third kappa shape index (κ3) is 17.9. The van der Waals surface area contributed by atoms with Crippen molar-refractivity contribution in [3.63, 3.8) is 0 Å². The second-order valence-electron chi connectivity index (χ2n) is 20.9. The molecule has 1 aromatic carbocycles. The lowest BCUT2D eigenvalue weighted by molar-refractivity contribution is -0.147. The topological polar surface area (TPSA) is 371 Å². The fourth-order valence-electron chi connectivity index (χ4n) is 9.96. The van der Waals surface area contributed by atoms with Crippen molar-refractivity contribution >= 4 is 47.3 Å². The smallest absolute Gasteiger partial charge is 0.248 e. The molecule has 2 unspecified atom stereocenters. The van der Waals surface area contributed by atoms with Crippen molar-refractivity contribution in [2.45, 2.75) is 197 Å². The minimum absolute atomic E-state index is 0.00249. The number of nitrogens with one attached hydrogen (secondary N) is 5. The van der Waals surface area contributed by atoms with Crippen LogP contribution in [0, 0.1) is 17.8 Å². The standard InChI is InChI=1S/C51H82N8O15/c1-6-27(2)19-28(3)13-11-9-7-8-10-12-14-40(67)54-35-21-33(62)24-53-49(72)44-45(68)29(4)25-59(44)51(74)43(38(65)23-39(52)66)57-48(71)42(37(64)20-31-15-17-32(61)18-16-31)56-47(70)36-22-34(63)26-58(36)50(73)41(30(5)60)55-46(35)69/h15-18,27-30,33-38,41-45,60-65,68H,6-14,19-26H2,1-5H3,(H2,52,66)(H,53,72)(H,54,67)(H,55,69)(H,56,70)(H,57,71)/t27?,28?,29-,30+,33+,34+,35-,36-,37+,38+,41-,42-,43-,44-,45-/m0/s1. The minimum atomic E-state index is -2.11. The molecule has 0 aliphatic carbocycles. The summed E-state index contributed by atoms with van der Waals surface area (Å²) in [6, 6.07) is -5.46. The second kappa shape index (κ2) is 29.0. The molecule has 1 aromatic rings. The van der Waals surface area contributed by atoms with E-state index in [9.17, 15) is 74.1 Å². The largest absolute Gasteiger partial charge is 0.508 e. The van der Waals surface area contributed by atoms with E-state index >= 15 is 0 Å². The highest BCUT2D eigenvalue weighted by Crippen LogP contribution is 2.27. The summed E-state index contributed by atoms with van der Waals surface area (Å²) in [5.74, 6) is -8.02. The molecule has 14 N–H and O–H groups in total. The Morgan fingerprint density at radius 2 is 1.34 bits per heavy atom. The van der Waals surface area contributed by atoms with Crippen LogP contribution < -0.4 is 32.3 Å². The number of rotatable bonds is 20. The zero-order valence-corrected chi connectivity index (χ0v) is 43.4. The predicted molar refractivity (Wildman–Crippen MR) is 268 cm³/mol. The number of primary amides is 1. The monoisotopic (exact) mass is 1050 g/mol. The Bertz CT molecular complexity index is 2060. The maximum absolute atomic E-state index is 14.5. The van der Waals surface area contributed by atoms with Gasteiger partial charge in [0.25, 0.3) is 0 Å². The van der Waals surface area contributed by atoms with Crippen LogP contribution in [-0.4, -0.2) is 185 Å². The summed E-state index contributed by atoms with van der Waals surface area (Å²) in [4.78, 5) is 113. The molecule has 23 nitrogen and oxygen atoms in total. The third-order valence-electron chi connectivity index (χ3n) is 14.4. The Hall–Kier alpha value is -5.46. The number of benzene rings is 1. The summed E-state index contributed by atoms with van der Waals surface area (Å²) >= 11 is 0. The van der Waals surface area contributed by atoms with Crippen LogP contribution in [0.15, 0.2) is 24.3 Å². The zero-order valence-electron chi connectivity index (χ0n) is 43.4. The molecule has 3 aliphatic heterocycles. The van der Waals surface area contributed by atoms with Crippen molar-refractivity contribution in [3.8, 4) is 5.75 Å². The molecule has 0 spiro atoms. The first-order valence-electron chi connectivity index (χ1n) is 26.2. The van der Waals surface area contributed by atoms with Gasteiger partial charge in [0.2, 0.25) is 47.3 Å². The van der Waals surface area contributed by atoms with Crippen LogP contribution in [0.2, 0.25) is 0 Å². The third-order valence-corrected chi connectivity index (χ3v) is 14.4. The molecule has 8 amide bonds. The fourth-order valence-corrected chi connectivity index (χ4v) is 9.96. The number of phenols is 1. The number of unbranched alkanes of at least 4 members (excludes halogenated alkanes) is 5. The summed E-state index contributed by atoms with van der Waals surface area (Å²) in [6.07, 6.45) is -3.60. The lowest BCUT2D eigenvalue weighted by Gasteiger charge is -2.33. The fraction of sp³-hybridized carbons (Fsp3) is 0.725. The molecule has 23 heteroatoms. The lowest BCUT2D eigenvalue weighted by atomic mass is 9.91. The SMILES string of the molecule is CCC(C)CC(C)CCCCCCCCC(=O)N[C@H]1C[C@@H](O)CNC(=O)[C@@H]2[C@@H](O)[C@@H](C)CN2C(=O)[C@H]([C@H](O)CC(N)=O)NC(=O)[C@H]([C@H](O)Cc2ccc(O)cc2)NC(=O)[C@@H]2C[C@@H](O)CN2C(=O)[C@H]([C@@H](C)O)NC1=O. The van der Waals surface area contributed by atoms with Gasteiger partial charge in [0.05, 0.1) is 43.0 Å². The number of phenolic OH excluding ortho intramolecular Hbond substituents is 1. The molecule has 416 valence electrons. The van der Waals surface area contributed by atoms with Crippen LogP contribution >= 0.6 is 0 Å². The molecule has 3 aliphatic rings. The van der Waals surface area contributed by atoms with Crippen LogP contribution in [0.3, 0.4) is 0 Å². The Balaban J connectivity index is 1.66. The normalized spacial score (nSPS) is 28.8. The summed E-state index contributed by atoms with van der Waals surface area (Å²) in [5.41, 5.74) is 5.72. The first kappa shape index (κ1) is 61.1. The van der Waals surface area contributed by atoms with Crippen molar-refractivity contribution < 1.29 is 74.1 Å². The van der Waals surface area contributed by atoms with Gasteiger partial charge in [-0.2, -0.15) is 0 Å². The van der Waals surface area contributed by atoms with Crippen LogP contribution in [-0.2, 0) is 44.8 Å². The number of nitrogens with two attached hydrogens (primary N) is 1. The quantitative estimate of drug-likeness (QED) is 0.0635. The van der Waals surface area contributed by atoms with Gasteiger partial charge in [-0.3, -0.25) is 38.4 Å². The molecule has 0 aromatic heterocycles. The van der Waals surface area contributed by atoms with Crippen LogP contribution in [0.25, 0.3) is 0 Å². The van der Waals surface area contributed by atoms with Crippen molar-refractivity contribution in [2.75, 3.05) is 19.6 Å². The molecule has 4 rings (SSSR count). The van der Waals surface area contributed by atoms with E-state index in [0.29, 0.717) is 23.8 Å². The van der Waals surface area contributed by atoms with E-state index in [1.165, 1.54) is 44.5 Å². The van der Waals surface area contributed by atoms with Gasteiger partial charge in [0.15, 0.2) is 0 Å². The number of hydrogen-bond acceptors (Lipinski definition) is 15. The second-order valence-corrected chi connectivity index (χ2v) is 20.9. The van der Waals surface area contributed by atoms with Gasteiger partial charge in [0, 0.05) is 51.2 Å². The van der Waals surface area contributed by atoms with Gasteiger partial charge in [0.1, 0.15) is 42.0 Å². The number of nitrogens with zero attached hydrogens (tertiary/aromatic N) is 2. The van der Waals surface area contributed by atoms with Gasteiger partial charge in [-0.05, 0) is 49.3 Å². The van der Waals surface area contributed by atoms with Gasteiger partial charge >= 0.3 is 0 Å². The van der Waals surface area contributed by atoms with Crippen molar-refractivity contribution in [3.05, 3.63) is 29.8 Å². The molecular weight excluding hydrogens is 965 g/mol. The van der Waals surface area contributed by atoms with Crippen molar-refractivity contribution in [1.29, 1.82) is 0 Å². The Morgan fingerprint density at radius 3 is 1.97 bits per heavy atom. The van der Waals surface area contributed by atoms with E-state index in [4.69, 9.17) is 5.73 Å². The highest BCUT2D eigenvalue weighted by molar-refractivity contribution is 5.98. The first-order valence-corrected chi connectivity index (χ1v) is 26.2. The minimum Gasteiger partial charge on any atom is -0.508 e. The van der Waals surface area contributed by atoms with Crippen molar-refractivity contribution in [1.82, 2.24) is 36.4 Å². The highest BCUT2D eigenvalue weighted by atomic mass is 16.3. The number of β-amino-alcohol motifs (C(OH)–C–C–N with tert-alkyl or cyclic N) is 1. The average Bonchev–Trinajstić information content (AvgIpc) is 3.88. The van der Waals surface area contributed by atoms with Crippen LogP contribution in [0.5, 0.6) is 5.75 Å². The maximum Gasteiger partial charge on any atom is 0.248 e. The molecule has 15 atom stereocenters. The number of fused-ring (bicyclic) bond motifs is 2. The average molecular weight is 1050 g/mol. The molecule has 0 bridgehead atoms. The number of aliphatic hydroxyl groups is 6. The van der Waals surface area contributed by atoms with Gasteiger partial charge < -0.3 is 77.9 Å². The molecule has 3 heterocycles. The van der Waals surface area contributed by atoms with Gasteiger partial charge in [-0.15, -0.1) is 0 Å². The Labute approximate surface area is 432 Å². The molecule has 74 heavy (non-hydrogen) atoms. The lowest BCUT2D eigenvalue weighted by Crippen LogP contribution is -2.64. The van der Waals surface area contributed by atoms with Gasteiger partial charge in [-0.25, -0.2) is 0 Å². The molecular formula is C51H82N8O15. The molecule has 0 saturated carbocycles. The number of carbonyl (C=O) groups excluding carboxylic acids is 8. The van der Waals surface area contributed by atoms with Crippen LogP contribution in [0.1, 0.15) is 124 Å². The Kier molecular flexibility index (Phi) is 23.9. The number of aliphatic hydroxyl groups excluding tert-OH is 6. The summed E-state index contributed by atoms with van der Waals surface area (Å²) in [5, 5.41) is 89.2.